The topological polar surface area (TPSA) is 83.6 Å². The number of rotatable bonds is 3. The van der Waals surface area contributed by atoms with Crippen LogP contribution in [0, 0.1) is 0 Å². The molecule has 2 fully saturated rings. The molecular weight excluding hydrogens is 316 g/mol. The van der Waals surface area contributed by atoms with Crippen LogP contribution in [0.2, 0.25) is 0 Å². The Bertz CT molecular complexity index is 751. The lowest BCUT2D eigenvalue weighted by Gasteiger charge is -2.32. The quantitative estimate of drug-likeness (QED) is 0.886. The summed E-state index contributed by atoms with van der Waals surface area (Å²) >= 11 is 0. The molecule has 1 aliphatic heterocycles. The van der Waals surface area contributed by atoms with Crippen LogP contribution >= 0.6 is 0 Å². The lowest BCUT2D eigenvalue weighted by atomic mass is 9.77. The average molecular weight is 336 g/mol. The molecule has 0 radical (unpaired) electrons. The van der Waals surface area contributed by atoms with Crippen molar-refractivity contribution in [3.8, 4) is 0 Å². The van der Waals surface area contributed by atoms with E-state index in [0.29, 0.717) is 12.8 Å². The molecule has 1 aromatic carbocycles. The molecule has 1 saturated carbocycles. The lowest BCUT2D eigenvalue weighted by Crippen LogP contribution is -2.45. The summed E-state index contributed by atoms with van der Waals surface area (Å²) in [6, 6.07) is 6.67. The average Bonchev–Trinajstić information content (AvgIpc) is 3.15. The molecule has 3 rings (SSSR count). The number of amides is 2. The normalized spacial score (nSPS) is 20.6. The number of carbonyl (C=O) groups is 2. The number of benzene rings is 1. The minimum Gasteiger partial charge on any atom is -0.337 e. The van der Waals surface area contributed by atoms with Crippen LogP contribution in [0.4, 0.5) is 0 Å². The molecule has 23 heavy (non-hydrogen) atoms. The summed E-state index contributed by atoms with van der Waals surface area (Å²) < 4.78 is 23.6. The maximum Gasteiger partial charge on any atom is 0.241 e. The highest BCUT2D eigenvalue weighted by Gasteiger charge is 2.46. The van der Waals surface area contributed by atoms with Crippen LogP contribution in [0.15, 0.2) is 29.2 Å². The zero-order valence-corrected chi connectivity index (χ0v) is 13.9. The second-order valence-electron chi connectivity index (χ2n) is 6.35. The van der Waals surface area contributed by atoms with Crippen LogP contribution in [0.5, 0.6) is 0 Å². The summed E-state index contributed by atoms with van der Waals surface area (Å²) in [6.07, 6.45) is 4.37. The van der Waals surface area contributed by atoms with E-state index >= 15 is 0 Å². The van der Waals surface area contributed by atoms with E-state index < -0.39 is 15.3 Å². The molecule has 0 spiro atoms. The van der Waals surface area contributed by atoms with E-state index in [1.807, 2.05) is 6.07 Å². The van der Waals surface area contributed by atoms with Gasteiger partial charge in [-0.25, -0.2) is 8.42 Å². The number of nitrogens with zero attached hydrogens (tertiary/aromatic N) is 1. The summed E-state index contributed by atoms with van der Waals surface area (Å²) in [5.41, 5.74) is 0.0229. The predicted molar refractivity (Wildman–Crippen MR) is 84.4 cm³/mol. The van der Waals surface area contributed by atoms with Crippen molar-refractivity contribution in [2.75, 3.05) is 19.5 Å². The van der Waals surface area contributed by atoms with Crippen molar-refractivity contribution in [1.82, 2.24) is 10.2 Å². The molecule has 1 saturated heterocycles. The highest BCUT2D eigenvalue weighted by Crippen LogP contribution is 2.43. The first-order valence-corrected chi connectivity index (χ1v) is 9.59. The Morgan fingerprint density at radius 2 is 1.96 bits per heavy atom. The van der Waals surface area contributed by atoms with Crippen molar-refractivity contribution < 1.29 is 18.0 Å². The van der Waals surface area contributed by atoms with Crippen LogP contribution in [0.3, 0.4) is 0 Å². The fourth-order valence-corrected chi connectivity index (χ4v) is 4.21. The second kappa shape index (κ2) is 5.63. The summed E-state index contributed by atoms with van der Waals surface area (Å²) in [5.74, 6) is -0.240. The first-order chi connectivity index (χ1) is 10.8. The maximum absolute atomic E-state index is 13.1. The molecule has 124 valence electrons. The van der Waals surface area contributed by atoms with Crippen LogP contribution in [-0.2, 0) is 24.8 Å². The molecule has 2 amide bonds. The van der Waals surface area contributed by atoms with Crippen molar-refractivity contribution in [3.63, 3.8) is 0 Å². The molecule has 2 aliphatic rings. The van der Waals surface area contributed by atoms with Crippen molar-refractivity contribution in [1.29, 1.82) is 0 Å². The minimum absolute atomic E-state index is 0.0757. The Morgan fingerprint density at radius 1 is 1.26 bits per heavy atom. The number of sulfone groups is 1. The Morgan fingerprint density at radius 3 is 2.52 bits per heavy atom. The summed E-state index contributed by atoms with van der Waals surface area (Å²) in [4.78, 5) is 26.2. The van der Waals surface area contributed by atoms with E-state index in [-0.39, 0.29) is 29.9 Å². The van der Waals surface area contributed by atoms with E-state index in [1.54, 1.807) is 18.2 Å². The van der Waals surface area contributed by atoms with Crippen molar-refractivity contribution in [3.05, 3.63) is 29.8 Å². The monoisotopic (exact) mass is 336 g/mol. The minimum atomic E-state index is -3.33. The van der Waals surface area contributed by atoms with E-state index in [1.165, 1.54) is 4.90 Å². The van der Waals surface area contributed by atoms with E-state index in [4.69, 9.17) is 0 Å². The predicted octanol–water partition coefficient (Wildman–Crippen LogP) is 0.818. The van der Waals surface area contributed by atoms with E-state index in [2.05, 4.69) is 5.32 Å². The number of nitrogens with one attached hydrogen (secondary N) is 1. The molecule has 1 aromatic rings. The van der Waals surface area contributed by atoms with Crippen molar-refractivity contribution in [2.45, 2.75) is 36.0 Å². The highest BCUT2D eigenvalue weighted by molar-refractivity contribution is 7.90. The molecule has 0 atom stereocenters. The highest BCUT2D eigenvalue weighted by atomic mass is 32.2. The van der Waals surface area contributed by atoms with Crippen molar-refractivity contribution in [2.24, 2.45) is 0 Å². The van der Waals surface area contributed by atoms with Gasteiger partial charge in [0.1, 0.15) is 6.54 Å². The Kier molecular flexibility index (Phi) is 3.91. The SMILES string of the molecule is CS(=O)(=O)c1cccc(C2(C(=O)N3CNC(=O)C3)CCCC2)c1. The van der Waals surface area contributed by atoms with Gasteiger partial charge in [0.2, 0.25) is 11.8 Å². The van der Waals surface area contributed by atoms with Crippen LogP contribution in [0.1, 0.15) is 31.2 Å². The van der Waals surface area contributed by atoms with Gasteiger partial charge in [-0.2, -0.15) is 0 Å². The third-order valence-corrected chi connectivity index (χ3v) is 5.88. The first-order valence-electron chi connectivity index (χ1n) is 7.70. The van der Waals surface area contributed by atoms with Gasteiger partial charge in [-0.05, 0) is 30.5 Å². The fraction of sp³-hybridized carbons (Fsp3) is 0.500. The Labute approximate surface area is 135 Å². The molecule has 0 aromatic heterocycles. The molecule has 1 aliphatic carbocycles. The lowest BCUT2D eigenvalue weighted by molar-refractivity contribution is -0.137. The van der Waals surface area contributed by atoms with E-state index in [9.17, 15) is 18.0 Å². The molecule has 6 nitrogen and oxygen atoms in total. The third-order valence-electron chi connectivity index (χ3n) is 4.77. The zero-order chi connectivity index (χ0) is 16.7. The van der Waals surface area contributed by atoms with Crippen LogP contribution in [-0.4, -0.2) is 44.6 Å². The van der Waals surface area contributed by atoms with Crippen molar-refractivity contribution >= 4 is 21.7 Å². The van der Waals surface area contributed by atoms with Crippen LogP contribution in [0.25, 0.3) is 0 Å². The Hall–Kier alpha value is -1.89. The van der Waals surface area contributed by atoms with Gasteiger partial charge in [0, 0.05) is 6.26 Å². The van der Waals surface area contributed by atoms with Gasteiger partial charge >= 0.3 is 0 Å². The molecule has 0 bridgehead atoms. The van der Waals surface area contributed by atoms with Gasteiger partial charge in [-0.1, -0.05) is 25.0 Å². The Balaban J connectivity index is 2.02. The summed E-state index contributed by atoms with van der Waals surface area (Å²) in [7, 11) is -3.33. The first kappa shape index (κ1) is 16.0. The standard InChI is InChI=1S/C16H20N2O4S/c1-23(21,22)13-6-4-5-12(9-13)16(7-2-3-8-16)15(20)18-10-14(19)17-11-18/h4-6,9H,2-3,7-8,10-11H2,1H3,(H,17,19). The van der Waals surface area contributed by atoms with Gasteiger partial charge in [0.15, 0.2) is 9.84 Å². The van der Waals surface area contributed by atoms with E-state index in [0.717, 1.165) is 24.7 Å². The molecule has 0 unspecified atom stereocenters. The van der Waals surface area contributed by atoms with Gasteiger partial charge in [0.25, 0.3) is 0 Å². The maximum atomic E-state index is 13.1. The van der Waals surface area contributed by atoms with Gasteiger partial charge in [-0.3, -0.25) is 9.59 Å². The number of hydrogen-bond acceptors (Lipinski definition) is 4. The fourth-order valence-electron chi connectivity index (χ4n) is 3.54. The second-order valence-corrected chi connectivity index (χ2v) is 8.37. The summed E-state index contributed by atoms with van der Waals surface area (Å²) in [5, 5.41) is 2.65. The summed E-state index contributed by atoms with van der Waals surface area (Å²) in [6.45, 7) is 0.303. The van der Waals surface area contributed by atoms with Crippen LogP contribution < -0.4 is 5.32 Å². The number of carbonyl (C=O) groups excluding carboxylic acids is 2. The van der Waals surface area contributed by atoms with Gasteiger partial charge < -0.3 is 10.2 Å². The zero-order valence-electron chi connectivity index (χ0n) is 13.0. The molecular formula is C16H20N2O4S. The largest absolute Gasteiger partial charge is 0.337 e. The molecule has 7 heteroatoms. The van der Waals surface area contributed by atoms with Gasteiger partial charge in [0.05, 0.1) is 17.0 Å². The molecule has 1 heterocycles. The molecule has 1 N–H and O–H groups in total. The third kappa shape index (κ3) is 2.85. The smallest absolute Gasteiger partial charge is 0.241 e. The van der Waals surface area contributed by atoms with Gasteiger partial charge in [-0.15, -0.1) is 0 Å². The number of hydrogen-bond donors (Lipinski definition) is 1.